The van der Waals surface area contributed by atoms with Crippen molar-refractivity contribution in [2.24, 2.45) is 5.10 Å². The SMILES string of the molecule is O=C(Nc1ccccc1C(=O)NN=Cc1cccc2ccccc12)c1ccco1. The van der Waals surface area contributed by atoms with Gasteiger partial charge in [-0.1, -0.05) is 54.6 Å². The van der Waals surface area contributed by atoms with Gasteiger partial charge in [-0.05, 0) is 35.0 Å². The lowest BCUT2D eigenvalue weighted by atomic mass is 10.1. The van der Waals surface area contributed by atoms with Crippen molar-refractivity contribution in [3.05, 3.63) is 102 Å². The van der Waals surface area contributed by atoms with Crippen LogP contribution in [0.25, 0.3) is 10.8 Å². The zero-order chi connectivity index (χ0) is 20.1. The summed E-state index contributed by atoms with van der Waals surface area (Å²) >= 11 is 0. The third-order valence-electron chi connectivity index (χ3n) is 4.36. The van der Waals surface area contributed by atoms with Gasteiger partial charge in [0.05, 0.1) is 23.7 Å². The van der Waals surface area contributed by atoms with E-state index in [9.17, 15) is 9.59 Å². The fourth-order valence-electron chi connectivity index (χ4n) is 2.97. The molecule has 29 heavy (non-hydrogen) atoms. The lowest BCUT2D eigenvalue weighted by Gasteiger charge is -2.09. The summed E-state index contributed by atoms with van der Waals surface area (Å²) < 4.78 is 5.08. The van der Waals surface area contributed by atoms with Crippen molar-refractivity contribution in [2.45, 2.75) is 0 Å². The topological polar surface area (TPSA) is 83.7 Å². The number of anilines is 1. The van der Waals surface area contributed by atoms with Crippen LogP contribution < -0.4 is 10.7 Å². The van der Waals surface area contributed by atoms with Crippen molar-refractivity contribution in [3.8, 4) is 0 Å². The van der Waals surface area contributed by atoms with E-state index in [1.165, 1.54) is 6.26 Å². The second-order valence-electron chi connectivity index (χ2n) is 6.24. The van der Waals surface area contributed by atoms with Crippen LogP contribution in [-0.4, -0.2) is 18.0 Å². The normalized spacial score (nSPS) is 10.9. The smallest absolute Gasteiger partial charge is 0.291 e. The minimum Gasteiger partial charge on any atom is -0.459 e. The van der Waals surface area contributed by atoms with Crippen molar-refractivity contribution >= 4 is 34.5 Å². The van der Waals surface area contributed by atoms with Crippen LogP contribution in [0.2, 0.25) is 0 Å². The summed E-state index contributed by atoms with van der Waals surface area (Å²) in [6.45, 7) is 0. The minimum absolute atomic E-state index is 0.161. The molecule has 0 aliphatic heterocycles. The summed E-state index contributed by atoms with van der Waals surface area (Å²) in [5.74, 6) is -0.708. The molecule has 0 unspecified atom stereocenters. The highest BCUT2D eigenvalue weighted by Crippen LogP contribution is 2.18. The molecule has 0 spiro atoms. The van der Waals surface area contributed by atoms with Gasteiger partial charge in [0.2, 0.25) is 0 Å². The number of rotatable bonds is 5. The molecular formula is C23H17N3O3. The van der Waals surface area contributed by atoms with Gasteiger partial charge in [0.25, 0.3) is 11.8 Å². The predicted molar refractivity (Wildman–Crippen MR) is 112 cm³/mol. The van der Waals surface area contributed by atoms with E-state index in [1.54, 1.807) is 42.6 Å². The number of nitrogens with zero attached hydrogens (tertiary/aromatic N) is 1. The number of nitrogens with one attached hydrogen (secondary N) is 2. The second kappa shape index (κ2) is 8.22. The molecule has 0 aliphatic carbocycles. The highest BCUT2D eigenvalue weighted by molar-refractivity contribution is 6.08. The van der Waals surface area contributed by atoms with Crippen LogP contribution in [0, 0.1) is 0 Å². The van der Waals surface area contributed by atoms with Gasteiger partial charge in [0.1, 0.15) is 0 Å². The molecule has 0 saturated carbocycles. The van der Waals surface area contributed by atoms with Crippen molar-refractivity contribution in [1.29, 1.82) is 0 Å². The second-order valence-corrected chi connectivity index (χ2v) is 6.24. The predicted octanol–water partition coefficient (Wildman–Crippen LogP) is 4.45. The summed E-state index contributed by atoms with van der Waals surface area (Å²) in [6, 6.07) is 23.7. The quantitative estimate of drug-likeness (QED) is 0.394. The Morgan fingerprint density at radius 1 is 0.828 bits per heavy atom. The van der Waals surface area contributed by atoms with Crippen LogP contribution in [0.1, 0.15) is 26.5 Å². The fraction of sp³-hybridized carbons (Fsp3) is 0. The van der Waals surface area contributed by atoms with Crippen LogP contribution in [-0.2, 0) is 0 Å². The van der Waals surface area contributed by atoms with Crippen molar-refractivity contribution in [2.75, 3.05) is 5.32 Å². The number of hydrogen-bond donors (Lipinski definition) is 2. The van der Waals surface area contributed by atoms with E-state index in [0.29, 0.717) is 11.3 Å². The largest absolute Gasteiger partial charge is 0.459 e. The Labute approximate surface area is 166 Å². The van der Waals surface area contributed by atoms with E-state index < -0.39 is 11.8 Å². The number of hydrazone groups is 1. The summed E-state index contributed by atoms with van der Waals surface area (Å²) in [6.07, 6.45) is 3.01. The Balaban J connectivity index is 1.50. The maximum absolute atomic E-state index is 12.6. The molecule has 142 valence electrons. The van der Waals surface area contributed by atoms with E-state index in [0.717, 1.165) is 16.3 Å². The van der Waals surface area contributed by atoms with Gasteiger partial charge in [-0.15, -0.1) is 0 Å². The monoisotopic (exact) mass is 383 g/mol. The molecule has 0 bridgehead atoms. The minimum atomic E-state index is -0.436. The molecule has 3 aromatic carbocycles. The molecule has 4 rings (SSSR count). The number of para-hydroxylation sites is 1. The van der Waals surface area contributed by atoms with Crippen LogP contribution in [0.4, 0.5) is 5.69 Å². The summed E-state index contributed by atoms with van der Waals surface area (Å²) in [7, 11) is 0. The van der Waals surface area contributed by atoms with Gasteiger partial charge in [0, 0.05) is 5.56 Å². The van der Waals surface area contributed by atoms with E-state index in [2.05, 4.69) is 15.8 Å². The maximum atomic E-state index is 12.6. The Morgan fingerprint density at radius 3 is 2.48 bits per heavy atom. The molecule has 2 N–H and O–H groups in total. The molecule has 0 fully saturated rings. The summed E-state index contributed by atoms with van der Waals surface area (Å²) in [5.41, 5.74) is 4.07. The standard InChI is InChI=1S/C23H17N3O3/c27-22(26-24-15-17-9-5-8-16-7-1-2-10-18(16)17)19-11-3-4-12-20(19)25-23(28)21-13-6-14-29-21/h1-15H,(H,25,28)(H,26,27). The number of carbonyl (C=O) groups excluding carboxylic acids is 2. The van der Waals surface area contributed by atoms with Gasteiger partial charge in [-0.2, -0.15) is 5.10 Å². The molecule has 2 amide bonds. The molecule has 0 aliphatic rings. The molecule has 0 radical (unpaired) electrons. The van der Waals surface area contributed by atoms with Gasteiger partial charge < -0.3 is 9.73 Å². The first-order chi connectivity index (χ1) is 14.2. The van der Waals surface area contributed by atoms with Gasteiger partial charge >= 0.3 is 0 Å². The highest BCUT2D eigenvalue weighted by atomic mass is 16.3. The molecule has 0 saturated heterocycles. The van der Waals surface area contributed by atoms with Crippen LogP contribution >= 0.6 is 0 Å². The number of hydrogen-bond acceptors (Lipinski definition) is 4. The maximum Gasteiger partial charge on any atom is 0.291 e. The van der Waals surface area contributed by atoms with Gasteiger partial charge in [0.15, 0.2) is 5.76 Å². The first-order valence-electron chi connectivity index (χ1n) is 8.97. The Morgan fingerprint density at radius 2 is 1.62 bits per heavy atom. The van der Waals surface area contributed by atoms with Crippen molar-refractivity contribution < 1.29 is 14.0 Å². The van der Waals surface area contributed by atoms with Crippen molar-refractivity contribution in [1.82, 2.24) is 5.43 Å². The van der Waals surface area contributed by atoms with Crippen LogP contribution in [0.5, 0.6) is 0 Å². The third kappa shape index (κ3) is 4.06. The average molecular weight is 383 g/mol. The first-order valence-corrected chi connectivity index (χ1v) is 8.97. The average Bonchev–Trinajstić information content (AvgIpc) is 3.29. The molecule has 0 atom stereocenters. The summed E-state index contributed by atoms with van der Waals surface area (Å²) in [5, 5.41) is 8.90. The van der Waals surface area contributed by atoms with Crippen LogP contribution in [0.15, 0.2) is 94.6 Å². The van der Waals surface area contributed by atoms with Gasteiger partial charge in [-0.3, -0.25) is 9.59 Å². The molecule has 4 aromatic rings. The number of furan rings is 1. The van der Waals surface area contributed by atoms with Crippen LogP contribution in [0.3, 0.4) is 0 Å². The molecular weight excluding hydrogens is 366 g/mol. The van der Waals surface area contributed by atoms with E-state index in [-0.39, 0.29) is 5.76 Å². The Kier molecular flexibility index (Phi) is 5.16. The zero-order valence-corrected chi connectivity index (χ0v) is 15.3. The fourth-order valence-corrected chi connectivity index (χ4v) is 2.97. The number of fused-ring (bicyclic) bond motifs is 1. The van der Waals surface area contributed by atoms with E-state index in [1.807, 2.05) is 42.5 Å². The lowest BCUT2D eigenvalue weighted by Crippen LogP contribution is -2.21. The molecule has 1 aromatic heterocycles. The lowest BCUT2D eigenvalue weighted by molar-refractivity contribution is 0.0956. The third-order valence-corrected chi connectivity index (χ3v) is 4.36. The molecule has 6 nitrogen and oxygen atoms in total. The highest BCUT2D eigenvalue weighted by Gasteiger charge is 2.15. The number of amides is 2. The number of carbonyl (C=O) groups is 2. The first kappa shape index (κ1) is 18.2. The molecule has 1 heterocycles. The Bertz CT molecular complexity index is 1190. The van der Waals surface area contributed by atoms with Crippen molar-refractivity contribution in [3.63, 3.8) is 0 Å². The van der Waals surface area contributed by atoms with E-state index in [4.69, 9.17) is 4.42 Å². The van der Waals surface area contributed by atoms with Gasteiger partial charge in [-0.25, -0.2) is 5.43 Å². The molecule has 6 heteroatoms. The zero-order valence-electron chi connectivity index (χ0n) is 15.3. The van der Waals surface area contributed by atoms with E-state index >= 15 is 0 Å². The Hall–Kier alpha value is -4.19. The number of benzene rings is 3. The summed E-state index contributed by atoms with van der Waals surface area (Å²) in [4.78, 5) is 24.8.